The van der Waals surface area contributed by atoms with E-state index in [4.69, 9.17) is 9.47 Å². The van der Waals surface area contributed by atoms with Crippen molar-refractivity contribution in [3.05, 3.63) is 98.1 Å². The van der Waals surface area contributed by atoms with Gasteiger partial charge < -0.3 is 19.1 Å². The number of imidazole rings is 1. The third-order valence-electron chi connectivity index (χ3n) is 7.10. The van der Waals surface area contributed by atoms with Gasteiger partial charge in [0.05, 0.1) is 36.4 Å². The van der Waals surface area contributed by atoms with Gasteiger partial charge >= 0.3 is 5.97 Å². The van der Waals surface area contributed by atoms with Crippen LogP contribution in [0.4, 0.5) is 0 Å². The molecule has 2 aromatic heterocycles. The Morgan fingerprint density at radius 3 is 2.47 bits per heavy atom. The first-order valence-corrected chi connectivity index (χ1v) is 14.6. The lowest BCUT2D eigenvalue weighted by atomic mass is 9.98. The summed E-state index contributed by atoms with van der Waals surface area (Å²) in [5.41, 5.74) is 5.06. The molecule has 0 fully saturated rings. The topological polar surface area (TPSA) is 213 Å². The number of carbonyl (C=O) groups excluding carboxylic acids is 1. The number of unbranched alkanes of at least 4 members (excludes halogenated alkanes) is 1. The van der Waals surface area contributed by atoms with Crippen LogP contribution in [0.3, 0.4) is 0 Å². The zero-order chi connectivity index (χ0) is 33.2. The number of nitrogens with zero attached hydrogens (tertiary/aromatic N) is 7. The average molecular weight is 647 g/mol. The Labute approximate surface area is 266 Å². The van der Waals surface area contributed by atoms with E-state index >= 15 is 0 Å². The number of esters is 1. The van der Waals surface area contributed by atoms with Crippen LogP contribution in [0.1, 0.15) is 42.1 Å². The summed E-state index contributed by atoms with van der Waals surface area (Å²) in [5.74, 6) is -0.0892. The summed E-state index contributed by atoms with van der Waals surface area (Å²) in [4.78, 5) is 47.6. The number of H-pyrrole nitrogens is 1. The Balaban J connectivity index is 1.30. The smallest absolute Gasteiger partial charge is 0.340 e. The number of benzene rings is 3. The van der Waals surface area contributed by atoms with Crippen LogP contribution in [-0.4, -0.2) is 72.2 Å². The molecule has 244 valence electrons. The zero-order valence-electron chi connectivity index (χ0n) is 25.2. The van der Waals surface area contributed by atoms with Gasteiger partial charge in [0.15, 0.2) is 0 Å². The Hall–Kier alpha value is -6.13. The fourth-order valence-electron chi connectivity index (χ4n) is 5.04. The molecule has 2 heterocycles. The lowest BCUT2D eigenvalue weighted by Gasteiger charge is -2.14. The molecule has 1 unspecified atom stereocenters. The molecule has 47 heavy (non-hydrogen) atoms. The van der Waals surface area contributed by atoms with Gasteiger partial charge in [-0.15, -0.1) is 30.4 Å². The highest BCUT2D eigenvalue weighted by atomic mass is 17.0. The van der Waals surface area contributed by atoms with E-state index in [0.29, 0.717) is 54.4 Å². The summed E-state index contributed by atoms with van der Waals surface area (Å²) < 4.78 is 13.2. The number of aromatic amines is 1. The third-order valence-corrected chi connectivity index (χ3v) is 7.10. The van der Waals surface area contributed by atoms with Crippen molar-refractivity contribution in [3.8, 4) is 28.5 Å². The van der Waals surface area contributed by atoms with Crippen molar-refractivity contribution in [2.45, 2.75) is 38.8 Å². The Kier molecular flexibility index (Phi) is 10.5. The van der Waals surface area contributed by atoms with Crippen LogP contribution in [0.2, 0.25) is 0 Å². The number of para-hydroxylation sites is 1. The predicted octanol–water partition coefficient (Wildman–Crippen LogP) is 4.44. The monoisotopic (exact) mass is 646 g/mol. The number of aromatic nitrogens is 6. The van der Waals surface area contributed by atoms with Crippen LogP contribution < -0.4 is 4.74 Å². The molecular weight excluding hydrogens is 616 g/mol. The first-order chi connectivity index (χ1) is 22.8. The minimum absolute atomic E-state index is 0.00967. The zero-order valence-corrected chi connectivity index (χ0v) is 25.2. The van der Waals surface area contributed by atoms with Crippen molar-refractivity contribution in [1.29, 1.82) is 0 Å². The van der Waals surface area contributed by atoms with Crippen LogP contribution in [0.15, 0.2) is 66.7 Å². The van der Waals surface area contributed by atoms with E-state index in [1.807, 2.05) is 60.0 Å². The number of rotatable bonds is 17. The van der Waals surface area contributed by atoms with Crippen LogP contribution in [0.5, 0.6) is 6.01 Å². The van der Waals surface area contributed by atoms with Gasteiger partial charge in [0, 0.05) is 5.56 Å². The van der Waals surface area contributed by atoms with E-state index in [1.165, 1.54) is 0 Å². The largest absolute Gasteiger partial charge is 0.465 e. The lowest BCUT2D eigenvalue weighted by molar-refractivity contribution is -0.790. The van der Waals surface area contributed by atoms with Crippen molar-refractivity contribution in [2.75, 3.05) is 19.8 Å². The van der Waals surface area contributed by atoms with E-state index in [9.17, 15) is 25.0 Å². The van der Waals surface area contributed by atoms with Crippen LogP contribution in [0, 0.1) is 20.2 Å². The first kappa shape index (κ1) is 32.3. The fourth-order valence-corrected chi connectivity index (χ4v) is 5.04. The number of hydrogen-bond donors (Lipinski definition) is 1. The molecule has 17 nitrogen and oxygen atoms in total. The van der Waals surface area contributed by atoms with Gasteiger partial charge in [-0.3, -0.25) is 4.57 Å². The second kappa shape index (κ2) is 15.2. The van der Waals surface area contributed by atoms with Crippen molar-refractivity contribution in [3.63, 3.8) is 0 Å². The molecule has 0 aliphatic rings. The minimum atomic E-state index is -1.12. The number of fused-ring (bicyclic) bond motifs is 1. The summed E-state index contributed by atoms with van der Waals surface area (Å²) >= 11 is 0. The Morgan fingerprint density at radius 1 is 0.979 bits per heavy atom. The Bertz CT molecular complexity index is 1830. The number of carbonyl (C=O) groups is 1. The molecule has 0 saturated carbocycles. The van der Waals surface area contributed by atoms with Gasteiger partial charge in [0.2, 0.25) is 5.82 Å². The van der Waals surface area contributed by atoms with Crippen molar-refractivity contribution < 1.29 is 34.1 Å². The first-order valence-electron chi connectivity index (χ1n) is 14.6. The van der Waals surface area contributed by atoms with E-state index in [0.717, 1.165) is 22.3 Å². The summed E-state index contributed by atoms with van der Waals surface area (Å²) in [6.07, 6.45) is -0.364. The van der Waals surface area contributed by atoms with Gasteiger partial charge in [-0.05, 0) is 60.2 Å². The SMILES string of the molecule is CCOc1nc2cccc(C(=O)OCCCCC(CO[N+](=O)[O-])O[N+](=O)[O-])c2n1Cc1ccc(-c2ccccc2-c2nn[nH]n2)cc1. The predicted molar refractivity (Wildman–Crippen MR) is 164 cm³/mol. The molecule has 5 rings (SSSR count). The van der Waals surface area contributed by atoms with Gasteiger partial charge in [0.1, 0.15) is 12.7 Å². The van der Waals surface area contributed by atoms with Crippen LogP contribution >= 0.6 is 0 Å². The number of ether oxygens (including phenoxy) is 2. The molecule has 0 radical (unpaired) electrons. The minimum Gasteiger partial charge on any atom is -0.465 e. The standard InChI is InChI=1S/C30H30N8O9/c1-2-44-30-31-26-12-7-11-25(29(39)45-17-6-5-8-22(47-38(42)43)19-46-37(40)41)27(26)36(30)18-20-13-15-21(16-14-20)23-9-3-4-10-24(23)28-32-34-35-33-28/h3-4,7,9-16,22H,2,5-6,8,17-19H2,1H3,(H,32,33,34,35). The van der Waals surface area contributed by atoms with E-state index in [2.05, 4.69) is 35.3 Å². The molecule has 0 spiro atoms. The number of nitrogens with one attached hydrogen (secondary N) is 1. The molecule has 0 aliphatic carbocycles. The number of hydrogen-bond acceptors (Lipinski definition) is 13. The third kappa shape index (κ3) is 8.13. The van der Waals surface area contributed by atoms with Crippen LogP contribution in [0.25, 0.3) is 33.5 Å². The molecule has 3 aromatic carbocycles. The normalized spacial score (nSPS) is 11.6. The Morgan fingerprint density at radius 2 is 1.77 bits per heavy atom. The van der Waals surface area contributed by atoms with Crippen molar-refractivity contribution in [1.82, 2.24) is 30.2 Å². The molecular formula is C30H30N8O9. The summed E-state index contributed by atoms with van der Waals surface area (Å²) in [7, 11) is 0. The lowest BCUT2D eigenvalue weighted by Crippen LogP contribution is -2.24. The molecule has 0 saturated heterocycles. The van der Waals surface area contributed by atoms with E-state index < -0.39 is 28.9 Å². The van der Waals surface area contributed by atoms with E-state index in [-0.39, 0.29) is 13.0 Å². The highest BCUT2D eigenvalue weighted by Gasteiger charge is 2.21. The maximum absolute atomic E-state index is 13.3. The molecule has 1 atom stereocenters. The fraction of sp³-hybridized carbons (Fsp3) is 0.300. The van der Waals surface area contributed by atoms with E-state index in [1.54, 1.807) is 18.2 Å². The molecule has 1 N–H and O–H groups in total. The van der Waals surface area contributed by atoms with Crippen LogP contribution in [-0.2, 0) is 21.0 Å². The van der Waals surface area contributed by atoms with Crippen molar-refractivity contribution >= 4 is 17.0 Å². The van der Waals surface area contributed by atoms with Crippen molar-refractivity contribution in [2.24, 2.45) is 0 Å². The molecule has 5 aromatic rings. The maximum Gasteiger partial charge on any atom is 0.340 e. The molecule has 0 amide bonds. The number of tetrazole rings is 1. The van der Waals surface area contributed by atoms with Gasteiger partial charge in [-0.25, -0.2) is 4.79 Å². The average Bonchev–Trinajstić information content (AvgIpc) is 3.72. The highest BCUT2D eigenvalue weighted by Crippen LogP contribution is 2.31. The molecule has 0 aliphatic heterocycles. The van der Waals surface area contributed by atoms with Gasteiger partial charge in [-0.1, -0.05) is 54.6 Å². The summed E-state index contributed by atoms with van der Waals surface area (Å²) in [6, 6.07) is 21.2. The highest BCUT2D eigenvalue weighted by molar-refractivity contribution is 6.02. The van der Waals surface area contributed by atoms with Gasteiger partial charge in [0.25, 0.3) is 16.2 Å². The molecule has 0 bridgehead atoms. The van der Waals surface area contributed by atoms with Gasteiger partial charge in [-0.2, -0.15) is 10.2 Å². The summed E-state index contributed by atoms with van der Waals surface area (Å²) in [5, 5.41) is 33.4. The second-order valence-electron chi connectivity index (χ2n) is 10.2. The quantitative estimate of drug-likeness (QED) is 0.0641. The summed E-state index contributed by atoms with van der Waals surface area (Å²) in [6.45, 7) is 1.99. The maximum atomic E-state index is 13.3. The molecule has 17 heteroatoms. The second-order valence-corrected chi connectivity index (χ2v) is 10.2.